The van der Waals surface area contributed by atoms with Gasteiger partial charge in [-0.2, -0.15) is 9.67 Å². The molecule has 41 heavy (non-hydrogen) atoms. The topological polar surface area (TPSA) is 185 Å². The van der Waals surface area contributed by atoms with Crippen molar-refractivity contribution < 1.29 is 18.1 Å². The van der Waals surface area contributed by atoms with Crippen molar-refractivity contribution >= 4 is 49.6 Å². The van der Waals surface area contributed by atoms with Crippen LogP contribution in [0.3, 0.4) is 0 Å². The molecule has 4 heterocycles. The number of fused-ring (bicyclic) bond motifs is 2. The first kappa shape index (κ1) is 26.1. The third-order valence-corrected chi connectivity index (χ3v) is 8.13. The summed E-state index contributed by atoms with van der Waals surface area (Å²) in [4.78, 5) is 47.4. The van der Waals surface area contributed by atoms with Crippen molar-refractivity contribution in [3.63, 3.8) is 0 Å². The van der Waals surface area contributed by atoms with Gasteiger partial charge in [-0.3, -0.25) is 19.7 Å². The Morgan fingerprint density at radius 2 is 1.76 bits per heavy atom. The number of ketones is 1. The average Bonchev–Trinajstić information content (AvgIpc) is 3.61. The molecule has 0 fully saturated rings. The average molecular weight is 588 g/mol. The third-order valence-electron chi connectivity index (χ3n) is 6.31. The molecule has 0 aliphatic rings. The van der Waals surface area contributed by atoms with Crippen LogP contribution in [0.1, 0.15) is 17.5 Å². The molecule has 0 atom stereocenters. The number of sulfonamides is 1. The second-order valence-corrected chi connectivity index (χ2v) is 11.4. The molecule has 0 bridgehead atoms. The summed E-state index contributed by atoms with van der Waals surface area (Å²) in [5.41, 5.74) is 1.09. The van der Waals surface area contributed by atoms with Gasteiger partial charge in [0.25, 0.3) is 11.2 Å². The molecule has 15 heteroatoms. The van der Waals surface area contributed by atoms with Gasteiger partial charge in [-0.15, -0.1) is 16.4 Å². The predicted molar refractivity (Wildman–Crippen MR) is 151 cm³/mol. The fourth-order valence-electron chi connectivity index (χ4n) is 4.41. The molecule has 6 aromatic rings. The monoisotopic (exact) mass is 587 g/mol. The normalized spacial score (nSPS) is 11.8. The molecule has 2 N–H and O–H groups in total. The van der Waals surface area contributed by atoms with Crippen molar-refractivity contribution in [2.24, 2.45) is 5.14 Å². The zero-order chi connectivity index (χ0) is 29.1. The van der Waals surface area contributed by atoms with Crippen LogP contribution in [0.25, 0.3) is 44.2 Å². The molecule has 0 aliphatic heterocycles. The first-order valence-electron chi connectivity index (χ1n) is 11.8. The number of hydrogen-bond donors (Lipinski definition) is 1. The lowest BCUT2D eigenvalue weighted by atomic mass is 10.0. The van der Waals surface area contributed by atoms with Crippen LogP contribution < -0.4 is 10.7 Å². The number of carbonyl (C=O) groups excluding carboxylic acids is 1. The molecular formula is C26H17N7O6S2. The molecule has 4 aromatic heterocycles. The zero-order valence-corrected chi connectivity index (χ0v) is 22.6. The van der Waals surface area contributed by atoms with Gasteiger partial charge in [-0.05, 0) is 59.5 Å². The second-order valence-electron chi connectivity index (χ2n) is 8.92. The molecular weight excluding hydrogens is 570 g/mol. The van der Waals surface area contributed by atoms with E-state index in [2.05, 4.69) is 15.1 Å². The fourth-order valence-corrected chi connectivity index (χ4v) is 5.61. The molecule has 6 rings (SSSR count). The van der Waals surface area contributed by atoms with E-state index < -0.39 is 26.3 Å². The number of non-ortho nitro benzene ring substituents is 1. The molecule has 0 radical (unpaired) electrons. The largest absolute Gasteiger partial charge is 0.291 e. The maximum atomic E-state index is 14.1. The molecule has 204 valence electrons. The maximum absolute atomic E-state index is 14.1. The van der Waals surface area contributed by atoms with E-state index in [-0.39, 0.29) is 33.2 Å². The number of pyridine rings is 1. The van der Waals surface area contributed by atoms with E-state index in [1.54, 1.807) is 6.07 Å². The quantitative estimate of drug-likeness (QED) is 0.173. The Bertz CT molecular complexity index is 2190. The van der Waals surface area contributed by atoms with Gasteiger partial charge in [0.05, 0.1) is 31.5 Å². The summed E-state index contributed by atoms with van der Waals surface area (Å²) in [6.07, 6.45) is 0. The van der Waals surface area contributed by atoms with Crippen LogP contribution in [0.2, 0.25) is 0 Å². The van der Waals surface area contributed by atoms with Crippen molar-refractivity contribution in [3.8, 4) is 27.4 Å². The Kier molecular flexibility index (Phi) is 6.06. The summed E-state index contributed by atoms with van der Waals surface area (Å²) in [6, 6.07) is 16.5. The van der Waals surface area contributed by atoms with Crippen molar-refractivity contribution in [1.29, 1.82) is 0 Å². The molecule has 0 saturated heterocycles. The van der Waals surface area contributed by atoms with Crippen LogP contribution in [0.5, 0.6) is 0 Å². The fraction of sp³-hybridized carbons (Fsp3) is 0.0385. The van der Waals surface area contributed by atoms with Gasteiger partial charge in [0.1, 0.15) is 0 Å². The smallest absolute Gasteiger partial charge is 0.271 e. The standard InChI is InChI=1S/C26H17N7O6S2/c1-14(34)24-30-32(16-8-10-18(11-9-16)41(27,38)39)26-29-23-22(25(35)31(24)26)19(13-20(28-23)21-3-2-12-40-21)15-4-6-17(7-5-15)33(36)37/h2-13H,1H3,(H2,27,38,39). The van der Waals surface area contributed by atoms with E-state index in [9.17, 15) is 28.1 Å². The Hall–Kier alpha value is -5.12. The van der Waals surface area contributed by atoms with Crippen molar-refractivity contribution in [1.82, 2.24) is 24.1 Å². The number of carbonyl (C=O) groups is 1. The summed E-state index contributed by atoms with van der Waals surface area (Å²) < 4.78 is 25.8. The highest BCUT2D eigenvalue weighted by atomic mass is 32.2. The highest BCUT2D eigenvalue weighted by molar-refractivity contribution is 7.89. The zero-order valence-electron chi connectivity index (χ0n) is 21.0. The van der Waals surface area contributed by atoms with Crippen LogP contribution in [0.15, 0.2) is 81.8 Å². The Balaban J connectivity index is 1.69. The summed E-state index contributed by atoms with van der Waals surface area (Å²) in [6.45, 7) is 1.25. The third kappa shape index (κ3) is 4.47. The number of hydrogen-bond acceptors (Lipinski definition) is 10. The number of nitrogens with two attached hydrogens (primary N) is 1. The molecule has 0 aliphatic carbocycles. The predicted octanol–water partition coefficient (Wildman–Crippen LogP) is 3.58. The minimum absolute atomic E-state index is 0.0264. The van der Waals surface area contributed by atoms with E-state index in [1.807, 2.05) is 17.5 Å². The SMILES string of the molecule is CC(=O)c1nn(-c2ccc(S(N)(=O)=O)cc2)c2nc3nc(-c4cccs4)cc(-c4ccc([N+](=O)[O-])cc4)c3c(=O)n12. The number of nitrogens with zero attached hydrogens (tertiary/aromatic N) is 6. The minimum Gasteiger partial charge on any atom is -0.291 e. The van der Waals surface area contributed by atoms with Gasteiger partial charge in [-0.1, -0.05) is 6.07 Å². The van der Waals surface area contributed by atoms with Crippen LogP contribution >= 0.6 is 11.3 Å². The minimum atomic E-state index is -3.95. The van der Waals surface area contributed by atoms with Gasteiger partial charge in [0, 0.05) is 24.6 Å². The van der Waals surface area contributed by atoms with Crippen LogP contribution in [-0.4, -0.2) is 43.3 Å². The number of thiophene rings is 1. The van der Waals surface area contributed by atoms with Gasteiger partial charge in [0.2, 0.25) is 21.6 Å². The molecule has 0 unspecified atom stereocenters. The molecule has 0 amide bonds. The summed E-state index contributed by atoms with van der Waals surface area (Å²) >= 11 is 1.43. The van der Waals surface area contributed by atoms with Crippen molar-refractivity contribution in [2.75, 3.05) is 0 Å². The van der Waals surface area contributed by atoms with E-state index in [4.69, 9.17) is 5.14 Å². The number of nitro groups is 1. The lowest BCUT2D eigenvalue weighted by molar-refractivity contribution is -0.384. The Labute approximate surface area is 234 Å². The lowest BCUT2D eigenvalue weighted by Crippen LogP contribution is -2.20. The summed E-state index contributed by atoms with van der Waals surface area (Å²) in [5, 5.41) is 22.7. The highest BCUT2D eigenvalue weighted by Gasteiger charge is 2.24. The molecule has 2 aromatic carbocycles. The molecule has 0 spiro atoms. The van der Waals surface area contributed by atoms with E-state index in [0.717, 1.165) is 9.28 Å². The van der Waals surface area contributed by atoms with Crippen molar-refractivity contribution in [3.05, 3.63) is 98.4 Å². The Morgan fingerprint density at radius 3 is 2.34 bits per heavy atom. The first-order valence-corrected chi connectivity index (χ1v) is 14.2. The van der Waals surface area contributed by atoms with Crippen LogP contribution in [-0.2, 0) is 10.0 Å². The number of nitro benzene ring substituents is 1. The van der Waals surface area contributed by atoms with E-state index in [1.165, 1.54) is 71.5 Å². The summed E-state index contributed by atoms with van der Waals surface area (Å²) in [5.74, 6) is -0.744. The van der Waals surface area contributed by atoms with Gasteiger partial charge >= 0.3 is 0 Å². The second kappa shape index (κ2) is 9.51. The lowest BCUT2D eigenvalue weighted by Gasteiger charge is -2.10. The molecule has 0 saturated carbocycles. The number of Topliss-reactive ketones (excluding diaryl/α,β-unsaturated/α-hetero) is 1. The molecule has 13 nitrogen and oxygen atoms in total. The Morgan fingerprint density at radius 1 is 1.05 bits per heavy atom. The highest BCUT2D eigenvalue weighted by Crippen LogP contribution is 2.33. The number of rotatable bonds is 6. The first-order chi connectivity index (χ1) is 19.5. The van der Waals surface area contributed by atoms with Gasteiger partial charge < -0.3 is 0 Å². The number of primary sulfonamides is 1. The van der Waals surface area contributed by atoms with Crippen LogP contribution in [0, 0.1) is 10.1 Å². The maximum Gasteiger partial charge on any atom is 0.271 e. The van der Waals surface area contributed by atoms with Crippen LogP contribution in [0.4, 0.5) is 5.69 Å². The summed E-state index contributed by atoms with van der Waals surface area (Å²) in [7, 11) is -3.95. The van der Waals surface area contributed by atoms with Crippen molar-refractivity contribution in [2.45, 2.75) is 11.8 Å². The van der Waals surface area contributed by atoms with E-state index in [0.29, 0.717) is 22.5 Å². The van der Waals surface area contributed by atoms with E-state index >= 15 is 0 Å². The number of benzene rings is 2. The van der Waals surface area contributed by atoms with Gasteiger partial charge in [-0.25, -0.2) is 22.9 Å². The van der Waals surface area contributed by atoms with Gasteiger partial charge in [0.15, 0.2) is 11.4 Å². The number of aromatic nitrogens is 5.